The predicted octanol–water partition coefficient (Wildman–Crippen LogP) is 2.86. The third-order valence-electron chi connectivity index (χ3n) is 3.25. The molecule has 0 radical (unpaired) electrons. The van der Waals surface area contributed by atoms with Crippen molar-refractivity contribution in [2.45, 2.75) is 24.8 Å². The van der Waals surface area contributed by atoms with E-state index in [1.807, 2.05) is 13.0 Å². The molecular formula is C16H19NO4S. The van der Waals surface area contributed by atoms with Crippen LogP contribution in [0.2, 0.25) is 0 Å². The summed E-state index contributed by atoms with van der Waals surface area (Å²) < 4.78 is 32.7. The second-order valence-electron chi connectivity index (χ2n) is 5.06. The van der Waals surface area contributed by atoms with Crippen molar-refractivity contribution in [1.29, 1.82) is 0 Å². The smallest absolute Gasteiger partial charge is 0.262 e. The molecule has 5 nitrogen and oxygen atoms in total. The number of methoxy groups -OCH3 is 1. The highest BCUT2D eigenvalue weighted by molar-refractivity contribution is 7.92. The second-order valence-corrected chi connectivity index (χ2v) is 6.74. The molecule has 2 N–H and O–H groups in total. The van der Waals surface area contributed by atoms with Crippen molar-refractivity contribution in [3.05, 3.63) is 53.6 Å². The molecule has 0 spiro atoms. The predicted molar refractivity (Wildman–Crippen MR) is 85.6 cm³/mol. The molecule has 0 bridgehead atoms. The van der Waals surface area contributed by atoms with E-state index >= 15 is 0 Å². The molecule has 0 aliphatic rings. The maximum Gasteiger partial charge on any atom is 0.262 e. The molecule has 2 aromatic rings. The summed E-state index contributed by atoms with van der Waals surface area (Å²) >= 11 is 0. The molecule has 0 aliphatic carbocycles. The van der Waals surface area contributed by atoms with Gasteiger partial charge in [-0.1, -0.05) is 18.2 Å². The monoisotopic (exact) mass is 321 g/mol. The van der Waals surface area contributed by atoms with E-state index in [0.717, 1.165) is 5.56 Å². The Morgan fingerprint density at radius 3 is 2.55 bits per heavy atom. The molecule has 6 heteroatoms. The minimum absolute atomic E-state index is 0.0921. The molecular weight excluding hydrogens is 302 g/mol. The van der Waals surface area contributed by atoms with Crippen LogP contribution in [0.1, 0.15) is 24.2 Å². The summed E-state index contributed by atoms with van der Waals surface area (Å²) in [6, 6.07) is 11.5. The van der Waals surface area contributed by atoms with E-state index in [4.69, 9.17) is 4.74 Å². The van der Waals surface area contributed by atoms with Gasteiger partial charge in [0.2, 0.25) is 0 Å². The standard InChI is InChI=1S/C16H19NO4S/c1-11-7-8-16(21-3)15(9-11)17-22(19,20)14-6-4-5-13(10-14)12(2)18/h4-10,12,17-18H,1-3H3/t12-/m0/s1. The number of ether oxygens (including phenoxy) is 1. The van der Waals surface area contributed by atoms with E-state index < -0.39 is 16.1 Å². The van der Waals surface area contributed by atoms with Gasteiger partial charge in [-0.2, -0.15) is 0 Å². The SMILES string of the molecule is COc1ccc(C)cc1NS(=O)(=O)c1cccc([C@H](C)O)c1. The van der Waals surface area contributed by atoms with E-state index in [2.05, 4.69) is 4.72 Å². The summed E-state index contributed by atoms with van der Waals surface area (Å²) in [5, 5.41) is 9.59. The van der Waals surface area contributed by atoms with Gasteiger partial charge in [0, 0.05) is 0 Å². The number of nitrogens with one attached hydrogen (secondary N) is 1. The first-order valence-electron chi connectivity index (χ1n) is 6.79. The highest BCUT2D eigenvalue weighted by atomic mass is 32.2. The Morgan fingerprint density at radius 2 is 1.91 bits per heavy atom. The van der Waals surface area contributed by atoms with E-state index in [1.165, 1.54) is 19.2 Å². The Balaban J connectivity index is 2.40. The highest BCUT2D eigenvalue weighted by Gasteiger charge is 2.17. The van der Waals surface area contributed by atoms with Crippen LogP contribution in [-0.2, 0) is 10.0 Å². The number of anilines is 1. The molecule has 0 saturated heterocycles. The van der Waals surface area contributed by atoms with Gasteiger partial charge >= 0.3 is 0 Å². The zero-order valence-corrected chi connectivity index (χ0v) is 13.5. The van der Waals surface area contributed by atoms with Crippen LogP contribution in [-0.4, -0.2) is 20.6 Å². The van der Waals surface area contributed by atoms with Crippen molar-refractivity contribution < 1.29 is 18.3 Å². The Hall–Kier alpha value is -2.05. The summed E-state index contributed by atoms with van der Waals surface area (Å²) in [6.07, 6.45) is -0.733. The van der Waals surface area contributed by atoms with Crippen molar-refractivity contribution in [3.8, 4) is 5.75 Å². The van der Waals surface area contributed by atoms with Crippen LogP contribution in [0.4, 0.5) is 5.69 Å². The highest BCUT2D eigenvalue weighted by Crippen LogP contribution is 2.28. The molecule has 22 heavy (non-hydrogen) atoms. The van der Waals surface area contributed by atoms with Crippen LogP contribution in [0.3, 0.4) is 0 Å². The number of aliphatic hydroxyl groups excluding tert-OH is 1. The topological polar surface area (TPSA) is 75.6 Å². The van der Waals surface area contributed by atoms with Crippen molar-refractivity contribution >= 4 is 15.7 Å². The molecule has 2 aromatic carbocycles. The minimum Gasteiger partial charge on any atom is -0.495 e. The minimum atomic E-state index is -3.76. The third kappa shape index (κ3) is 3.58. The van der Waals surface area contributed by atoms with Gasteiger partial charge in [0.25, 0.3) is 10.0 Å². The van der Waals surface area contributed by atoms with Crippen molar-refractivity contribution in [1.82, 2.24) is 0 Å². The first-order chi connectivity index (χ1) is 10.3. The van der Waals surface area contributed by atoms with Crippen LogP contribution in [0, 0.1) is 6.92 Å². The van der Waals surface area contributed by atoms with Crippen LogP contribution in [0.25, 0.3) is 0 Å². The van der Waals surface area contributed by atoms with Gasteiger partial charge in [-0.05, 0) is 49.2 Å². The zero-order valence-electron chi connectivity index (χ0n) is 12.7. The van der Waals surface area contributed by atoms with E-state index in [1.54, 1.807) is 31.2 Å². The summed E-state index contributed by atoms with van der Waals surface area (Å²) in [6.45, 7) is 3.45. The summed E-state index contributed by atoms with van der Waals surface area (Å²) in [4.78, 5) is 0.0921. The largest absolute Gasteiger partial charge is 0.495 e. The molecule has 1 atom stereocenters. The van der Waals surface area contributed by atoms with Crippen LogP contribution in [0.15, 0.2) is 47.4 Å². The van der Waals surface area contributed by atoms with Gasteiger partial charge < -0.3 is 9.84 Å². The van der Waals surface area contributed by atoms with Crippen LogP contribution >= 0.6 is 0 Å². The summed E-state index contributed by atoms with van der Waals surface area (Å²) in [5.41, 5.74) is 1.83. The van der Waals surface area contributed by atoms with Gasteiger partial charge in [0.15, 0.2) is 0 Å². The van der Waals surface area contributed by atoms with Crippen molar-refractivity contribution in [2.75, 3.05) is 11.8 Å². The summed E-state index contributed by atoms with van der Waals surface area (Å²) in [5.74, 6) is 0.445. The van der Waals surface area contributed by atoms with E-state index in [0.29, 0.717) is 17.0 Å². The van der Waals surface area contributed by atoms with Crippen molar-refractivity contribution in [3.63, 3.8) is 0 Å². The lowest BCUT2D eigenvalue weighted by atomic mass is 10.1. The lowest BCUT2D eigenvalue weighted by molar-refractivity contribution is 0.199. The molecule has 0 amide bonds. The Labute approximate surface area is 130 Å². The van der Waals surface area contributed by atoms with Crippen molar-refractivity contribution in [2.24, 2.45) is 0 Å². The van der Waals surface area contributed by atoms with Crippen LogP contribution < -0.4 is 9.46 Å². The maximum atomic E-state index is 12.5. The molecule has 0 aliphatic heterocycles. The zero-order chi connectivity index (χ0) is 16.3. The Kier molecular flexibility index (Phi) is 4.73. The van der Waals surface area contributed by atoms with Crippen LogP contribution in [0.5, 0.6) is 5.75 Å². The number of aliphatic hydroxyl groups is 1. The molecule has 0 saturated carbocycles. The van der Waals surface area contributed by atoms with Gasteiger partial charge in [0.05, 0.1) is 23.8 Å². The Bertz CT molecular complexity index is 769. The fourth-order valence-corrected chi connectivity index (χ4v) is 3.16. The number of rotatable bonds is 5. The molecule has 2 rings (SSSR count). The first-order valence-corrected chi connectivity index (χ1v) is 8.27. The number of sulfonamides is 1. The molecule has 0 aromatic heterocycles. The second kappa shape index (κ2) is 6.37. The number of benzene rings is 2. The number of hydrogen-bond donors (Lipinski definition) is 2. The molecule has 0 unspecified atom stereocenters. The fraction of sp³-hybridized carbons (Fsp3) is 0.250. The number of hydrogen-bond acceptors (Lipinski definition) is 4. The molecule has 118 valence electrons. The average molecular weight is 321 g/mol. The Morgan fingerprint density at radius 1 is 1.18 bits per heavy atom. The van der Waals surface area contributed by atoms with Gasteiger partial charge in [0.1, 0.15) is 5.75 Å². The van der Waals surface area contributed by atoms with Gasteiger partial charge in [-0.25, -0.2) is 8.42 Å². The van der Waals surface area contributed by atoms with E-state index in [-0.39, 0.29) is 4.90 Å². The molecule has 0 heterocycles. The third-order valence-corrected chi connectivity index (χ3v) is 4.61. The lowest BCUT2D eigenvalue weighted by Crippen LogP contribution is -2.14. The van der Waals surface area contributed by atoms with Gasteiger partial charge in [-0.3, -0.25) is 4.72 Å². The fourth-order valence-electron chi connectivity index (χ4n) is 2.05. The lowest BCUT2D eigenvalue weighted by Gasteiger charge is -2.13. The normalized spacial score (nSPS) is 12.7. The van der Waals surface area contributed by atoms with Gasteiger partial charge in [-0.15, -0.1) is 0 Å². The average Bonchev–Trinajstić information content (AvgIpc) is 2.47. The first kappa shape index (κ1) is 16.3. The summed E-state index contributed by atoms with van der Waals surface area (Å²) in [7, 11) is -2.28. The maximum absolute atomic E-state index is 12.5. The quantitative estimate of drug-likeness (QED) is 0.888. The number of aryl methyl sites for hydroxylation is 1. The van der Waals surface area contributed by atoms with E-state index in [9.17, 15) is 13.5 Å². The molecule has 0 fully saturated rings.